The molecule has 3 rings (SSSR count). The van der Waals surface area contributed by atoms with Crippen LogP contribution in [0.2, 0.25) is 0 Å². The molecule has 1 heterocycles. The van der Waals surface area contributed by atoms with Gasteiger partial charge in [0, 0.05) is 5.56 Å². The Hall–Kier alpha value is -3.37. The van der Waals surface area contributed by atoms with Gasteiger partial charge < -0.3 is 9.47 Å². The predicted octanol–water partition coefficient (Wildman–Crippen LogP) is 6.87. The maximum atomic E-state index is 14.6. The van der Waals surface area contributed by atoms with E-state index >= 15 is 0 Å². The minimum absolute atomic E-state index is 0.169. The highest BCUT2D eigenvalue weighted by molar-refractivity contribution is 5.64. The number of nitrogens with zero attached hydrogens (tertiary/aromatic N) is 1. The molecule has 0 radical (unpaired) electrons. The van der Waals surface area contributed by atoms with Crippen molar-refractivity contribution in [1.82, 2.24) is 4.98 Å². The number of alkyl halides is 6. The van der Waals surface area contributed by atoms with Gasteiger partial charge in [0.25, 0.3) is 5.88 Å². The lowest BCUT2D eigenvalue weighted by molar-refractivity contribution is -0.138. The van der Waals surface area contributed by atoms with Crippen molar-refractivity contribution >= 4 is 0 Å². The number of benzene rings is 2. The SMILES string of the molecule is COc1c(F)c(Oc2cccc(C(F)(F)F)c2)nc(-c2ccc(C(F)(F)F)cc2)c1F. The molecule has 31 heavy (non-hydrogen) atoms. The van der Waals surface area contributed by atoms with E-state index < -0.39 is 58.2 Å². The van der Waals surface area contributed by atoms with Crippen LogP contribution in [0.3, 0.4) is 0 Å². The van der Waals surface area contributed by atoms with E-state index in [9.17, 15) is 35.1 Å². The average molecular weight is 449 g/mol. The van der Waals surface area contributed by atoms with Crippen LogP contribution in [0.4, 0.5) is 35.1 Å². The molecule has 0 fully saturated rings. The molecule has 11 heteroatoms. The van der Waals surface area contributed by atoms with Crippen LogP contribution in [0.25, 0.3) is 11.3 Å². The molecule has 1 aromatic heterocycles. The van der Waals surface area contributed by atoms with E-state index in [2.05, 4.69) is 9.72 Å². The molecule has 0 bridgehead atoms. The van der Waals surface area contributed by atoms with Gasteiger partial charge in [-0.05, 0) is 30.3 Å². The lowest BCUT2D eigenvalue weighted by Crippen LogP contribution is -2.06. The minimum atomic E-state index is -4.70. The standard InChI is InChI=1S/C20H11F8NO2/c1-30-17-14(21)16(10-5-7-11(8-6-10)19(23,24)25)29-18(15(17)22)31-13-4-2-3-12(9-13)20(26,27)28/h2-9H,1H3. The summed E-state index contributed by atoms with van der Waals surface area (Å²) in [6.45, 7) is 0. The van der Waals surface area contributed by atoms with E-state index in [4.69, 9.17) is 4.74 Å². The van der Waals surface area contributed by atoms with Gasteiger partial charge in [-0.2, -0.15) is 30.7 Å². The molecule has 3 aromatic rings. The largest absolute Gasteiger partial charge is 0.491 e. The Balaban J connectivity index is 2.07. The van der Waals surface area contributed by atoms with Gasteiger partial charge in [0.1, 0.15) is 11.4 Å². The molecule has 0 atom stereocenters. The van der Waals surface area contributed by atoms with E-state index in [0.717, 1.165) is 37.4 Å². The van der Waals surface area contributed by atoms with Gasteiger partial charge in [0.05, 0.1) is 18.2 Å². The summed E-state index contributed by atoms with van der Waals surface area (Å²) < 4.78 is 116. The Labute approximate surface area is 169 Å². The molecule has 0 saturated heterocycles. The number of hydrogen-bond acceptors (Lipinski definition) is 3. The average Bonchev–Trinajstić information content (AvgIpc) is 2.69. The summed E-state index contributed by atoms with van der Waals surface area (Å²) in [7, 11) is 0.923. The molecule has 3 nitrogen and oxygen atoms in total. The molecular weight excluding hydrogens is 438 g/mol. The molecule has 0 aliphatic carbocycles. The first-order valence-corrected chi connectivity index (χ1v) is 8.37. The van der Waals surface area contributed by atoms with E-state index in [0.29, 0.717) is 18.2 Å². The predicted molar refractivity (Wildman–Crippen MR) is 92.7 cm³/mol. The Bertz CT molecular complexity index is 1090. The van der Waals surface area contributed by atoms with Crippen molar-refractivity contribution in [2.75, 3.05) is 7.11 Å². The summed E-state index contributed by atoms with van der Waals surface area (Å²) >= 11 is 0. The molecular formula is C20H11F8NO2. The zero-order valence-corrected chi connectivity index (χ0v) is 15.4. The first-order chi connectivity index (χ1) is 14.4. The van der Waals surface area contributed by atoms with Crippen LogP contribution in [0.15, 0.2) is 48.5 Å². The highest BCUT2D eigenvalue weighted by Gasteiger charge is 2.32. The van der Waals surface area contributed by atoms with E-state index in [1.807, 2.05) is 0 Å². The van der Waals surface area contributed by atoms with Crippen LogP contribution in [0.1, 0.15) is 11.1 Å². The zero-order chi connectivity index (χ0) is 23.0. The second-order valence-electron chi connectivity index (χ2n) is 6.13. The number of rotatable bonds is 4. The first kappa shape index (κ1) is 22.3. The topological polar surface area (TPSA) is 31.4 Å². The van der Waals surface area contributed by atoms with Crippen molar-refractivity contribution in [3.8, 4) is 28.6 Å². The van der Waals surface area contributed by atoms with Crippen molar-refractivity contribution in [2.24, 2.45) is 0 Å². The van der Waals surface area contributed by atoms with Crippen LogP contribution in [0.5, 0.6) is 17.4 Å². The molecule has 0 aliphatic rings. The fourth-order valence-electron chi connectivity index (χ4n) is 2.60. The molecule has 164 valence electrons. The second kappa shape index (κ2) is 8.05. The van der Waals surface area contributed by atoms with E-state index in [-0.39, 0.29) is 5.56 Å². The summed E-state index contributed by atoms with van der Waals surface area (Å²) in [6, 6.07) is 6.57. The van der Waals surface area contributed by atoms with Gasteiger partial charge in [-0.3, -0.25) is 0 Å². The maximum absolute atomic E-state index is 14.6. The summed E-state index contributed by atoms with van der Waals surface area (Å²) in [5.41, 5.74) is -2.87. The van der Waals surface area contributed by atoms with Gasteiger partial charge in [0.2, 0.25) is 5.82 Å². The maximum Gasteiger partial charge on any atom is 0.416 e. The molecule has 0 aliphatic heterocycles. The van der Waals surface area contributed by atoms with Crippen LogP contribution in [-0.2, 0) is 12.4 Å². The Morgan fingerprint density at radius 1 is 0.774 bits per heavy atom. The van der Waals surface area contributed by atoms with E-state index in [1.54, 1.807) is 0 Å². The van der Waals surface area contributed by atoms with Crippen LogP contribution < -0.4 is 9.47 Å². The van der Waals surface area contributed by atoms with Crippen molar-refractivity contribution in [1.29, 1.82) is 0 Å². The summed E-state index contributed by atoms with van der Waals surface area (Å²) in [5.74, 6) is -5.10. The number of halogens is 8. The van der Waals surface area contributed by atoms with Crippen molar-refractivity contribution < 1.29 is 44.6 Å². The van der Waals surface area contributed by atoms with Gasteiger partial charge in [-0.15, -0.1) is 0 Å². The third-order valence-corrected chi connectivity index (χ3v) is 4.07. The van der Waals surface area contributed by atoms with Gasteiger partial charge in [0.15, 0.2) is 11.6 Å². The third-order valence-electron chi connectivity index (χ3n) is 4.07. The van der Waals surface area contributed by atoms with Crippen molar-refractivity contribution in [3.63, 3.8) is 0 Å². The number of methoxy groups -OCH3 is 1. The Morgan fingerprint density at radius 2 is 1.39 bits per heavy atom. The highest BCUT2D eigenvalue weighted by atomic mass is 19.4. The zero-order valence-electron chi connectivity index (χ0n) is 15.4. The third kappa shape index (κ3) is 4.70. The highest BCUT2D eigenvalue weighted by Crippen LogP contribution is 2.38. The lowest BCUT2D eigenvalue weighted by Gasteiger charge is -2.14. The smallest absolute Gasteiger partial charge is 0.416 e. The summed E-state index contributed by atoms with van der Waals surface area (Å²) in [6.07, 6.45) is -9.33. The van der Waals surface area contributed by atoms with Crippen LogP contribution >= 0.6 is 0 Å². The number of aromatic nitrogens is 1. The van der Waals surface area contributed by atoms with Crippen LogP contribution in [-0.4, -0.2) is 12.1 Å². The van der Waals surface area contributed by atoms with Gasteiger partial charge >= 0.3 is 12.4 Å². The van der Waals surface area contributed by atoms with Crippen molar-refractivity contribution in [3.05, 3.63) is 71.3 Å². The normalized spacial score (nSPS) is 12.0. The molecule has 2 aromatic carbocycles. The molecule has 0 N–H and O–H groups in total. The molecule has 0 saturated carbocycles. The summed E-state index contributed by atoms with van der Waals surface area (Å²) in [4.78, 5) is 3.61. The number of ether oxygens (including phenoxy) is 2. The lowest BCUT2D eigenvalue weighted by atomic mass is 10.1. The van der Waals surface area contributed by atoms with Gasteiger partial charge in [-0.1, -0.05) is 18.2 Å². The fourth-order valence-corrected chi connectivity index (χ4v) is 2.60. The molecule has 0 unspecified atom stereocenters. The van der Waals surface area contributed by atoms with Crippen molar-refractivity contribution in [2.45, 2.75) is 12.4 Å². The monoisotopic (exact) mass is 449 g/mol. The number of hydrogen-bond donors (Lipinski definition) is 0. The Morgan fingerprint density at radius 3 is 1.94 bits per heavy atom. The number of pyridine rings is 1. The van der Waals surface area contributed by atoms with E-state index in [1.165, 1.54) is 0 Å². The molecule has 0 amide bonds. The second-order valence-corrected chi connectivity index (χ2v) is 6.13. The first-order valence-electron chi connectivity index (χ1n) is 8.37. The van der Waals surface area contributed by atoms with Crippen LogP contribution in [0, 0.1) is 11.6 Å². The van der Waals surface area contributed by atoms with Gasteiger partial charge in [-0.25, -0.2) is 9.37 Å². The quantitative estimate of drug-likeness (QED) is 0.408. The summed E-state index contributed by atoms with van der Waals surface area (Å²) in [5, 5.41) is 0. The fraction of sp³-hybridized carbons (Fsp3) is 0.150. The molecule has 0 spiro atoms. The Kier molecular flexibility index (Phi) is 5.79. The minimum Gasteiger partial charge on any atom is -0.491 e.